The number of carbonyl (C=O) groups is 1. The van der Waals surface area contributed by atoms with Crippen molar-refractivity contribution < 1.29 is 4.79 Å². The molecule has 0 saturated carbocycles. The first-order valence-electron chi connectivity index (χ1n) is 8.92. The summed E-state index contributed by atoms with van der Waals surface area (Å²) < 4.78 is 0. The van der Waals surface area contributed by atoms with E-state index >= 15 is 0 Å². The maximum atomic E-state index is 13.3. The van der Waals surface area contributed by atoms with Gasteiger partial charge < -0.3 is 4.90 Å². The molecule has 6 heteroatoms. The monoisotopic (exact) mass is 366 g/mol. The van der Waals surface area contributed by atoms with Gasteiger partial charge in [-0.25, -0.2) is 0 Å². The van der Waals surface area contributed by atoms with Crippen LogP contribution in [0.15, 0.2) is 54.2 Å². The van der Waals surface area contributed by atoms with Crippen molar-refractivity contribution >= 4 is 17.2 Å². The lowest BCUT2D eigenvalue weighted by Crippen LogP contribution is -2.50. The molecule has 3 aromatic rings. The third-order valence-electron chi connectivity index (χ3n) is 4.99. The Kier molecular flexibility index (Phi) is 4.86. The average Bonchev–Trinajstić information content (AvgIpc) is 3.39. The topological polar surface area (TPSA) is 52.2 Å². The Bertz CT molecular complexity index is 859. The zero-order chi connectivity index (χ0) is 17.9. The smallest absolute Gasteiger partial charge is 0.255 e. The van der Waals surface area contributed by atoms with Crippen molar-refractivity contribution in [1.29, 1.82) is 0 Å². The minimum atomic E-state index is 0.0923. The fourth-order valence-corrected chi connectivity index (χ4v) is 4.35. The molecule has 0 aliphatic carbocycles. The van der Waals surface area contributed by atoms with Gasteiger partial charge in [-0.2, -0.15) is 5.10 Å². The van der Waals surface area contributed by atoms with Crippen LogP contribution in [0.1, 0.15) is 28.9 Å². The van der Waals surface area contributed by atoms with Gasteiger partial charge >= 0.3 is 0 Å². The summed E-state index contributed by atoms with van der Waals surface area (Å²) in [5.41, 5.74) is 2.98. The molecule has 1 aliphatic rings. The number of carbonyl (C=O) groups excluding carboxylic acids is 1. The van der Waals surface area contributed by atoms with Gasteiger partial charge in [0.2, 0.25) is 0 Å². The molecule has 5 nitrogen and oxygen atoms in total. The maximum absolute atomic E-state index is 13.3. The number of rotatable bonds is 4. The number of hydrogen-bond donors (Lipinski definition) is 1. The Morgan fingerprint density at radius 2 is 2.15 bits per heavy atom. The first kappa shape index (κ1) is 17.0. The maximum Gasteiger partial charge on any atom is 0.255 e. The van der Waals surface area contributed by atoms with Crippen LogP contribution in [0.3, 0.4) is 0 Å². The Morgan fingerprint density at radius 3 is 2.88 bits per heavy atom. The summed E-state index contributed by atoms with van der Waals surface area (Å²) in [6, 6.07) is 12.4. The van der Waals surface area contributed by atoms with E-state index < -0.39 is 0 Å². The van der Waals surface area contributed by atoms with Crippen LogP contribution in [0.2, 0.25) is 0 Å². The molecule has 26 heavy (non-hydrogen) atoms. The van der Waals surface area contributed by atoms with Crippen LogP contribution in [0.4, 0.5) is 0 Å². The fourth-order valence-electron chi connectivity index (χ4n) is 3.48. The number of thiophene rings is 1. The van der Waals surface area contributed by atoms with E-state index in [1.807, 2.05) is 40.7 Å². The van der Waals surface area contributed by atoms with E-state index in [4.69, 9.17) is 0 Å². The van der Waals surface area contributed by atoms with Crippen molar-refractivity contribution in [2.24, 2.45) is 0 Å². The van der Waals surface area contributed by atoms with E-state index in [2.05, 4.69) is 34.2 Å². The number of benzene rings is 1. The van der Waals surface area contributed by atoms with Gasteiger partial charge in [-0.3, -0.25) is 14.8 Å². The molecule has 2 aromatic heterocycles. The van der Waals surface area contributed by atoms with Gasteiger partial charge in [-0.15, -0.1) is 11.3 Å². The zero-order valence-electron chi connectivity index (χ0n) is 14.8. The van der Waals surface area contributed by atoms with Crippen molar-refractivity contribution in [3.63, 3.8) is 0 Å². The number of piperazine rings is 1. The molecule has 1 fully saturated rings. The summed E-state index contributed by atoms with van der Waals surface area (Å²) in [6.45, 7) is 5.74. The van der Waals surface area contributed by atoms with Gasteiger partial charge in [0.25, 0.3) is 5.91 Å². The number of aromatic nitrogens is 2. The van der Waals surface area contributed by atoms with Crippen molar-refractivity contribution in [1.82, 2.24) is 20.0 Å². The van der Waals surface area contributed by atoms with Gasteiger partial charge in [0, 0.05) is 41.7 Å². The molecule has 3 heterocycles. The van der Waals surface area contributed by atoms with Crippen LogP contribution in [-0.4, -0.2) is 52.1 Å². The van der Waals surface area contributed by atoms with Crippen LogP contribution < -0.4 is 0 Å². The SMILES string of the molecule is CCN1CCN(C(=O)c2csc(-c3cn[nH]c3)c2)C(c2ccccc2)C1. The highest BCUT2D eigenvalue weighted by Crippen LogP contribution is 2.31. The molecule has 0 bridgehead atoms. The molecular formula is C20H22N4OS. The van der Waals surface area contributed by atoms with E-state index in [1.54, 1.807) is 17.5 Å². The van der Waals surface area contributed by atoms with Crippen molar-refractivity contribution in [3.05, 3.63) is 65.3 Å². The Balaban J connectivity index is 1.61. The first-order chi connectivity index (χ1) is 12.8. The van der Waals surface area contributed by atoms with Crippen LogP contribution >= 0.6 is 11.3 Å². The lowest BCUT2D eigenvalue weighted by atomic mass is 10.0. The largest absolute Gasteiger partial charge is 0.329 e. The minimum absolute atomic E-state index is 0.0923. The molecular weight excluding hydrogens is 344 g/mol. The summed E-state index contributed by atoms with van der Waals surface area (Å²) in [5.74, 6) is 0.112. The molecule has 1 saturated heterocycles. The summed E-state index contributed by atoms with van der Waals surface area (Å²) in [4.78, 5) is 18.8. The number of hydrogen-bond acceptors (Lipinski definition) is 4. The molecule has 0 spiro atoms. The predicted octanol–water partition coefficient (Wildman–Crippen LogP) is 3.66. The quantitative estimate of drug-likeness (QED) is 0.767. The third-order valence-corrected chi connectivity index (χ3v) is 5.97. The summed E-state index contributed by atoms with van der Waals surface area (Å²) in [7, 11) is 0. The number of amides is 1. The van der Waals surface area contributed by atoms with Gasteiger partial charge in [-0.05, 0) is 18.2 Å². The zero-order valence-corrected chi connectivity index (χ0v) is 15.6. The molecule has 134 valence electrons. The van der Waals surface area contributed by atoms with Gasteiger partial charge in [0.05, 0.1) is 17.8 Å². The van der Waals surface area contributed by atoms with Gasteiger partial charge in [0.15, 0.2) is 0 Å². The van der Waals surface area contributed by atoms with E-state index in [-0.39, 0.29) is 11.9 Å². The van der Waals surface area contributed by atoms with E-state index in [0.29, 0.717) is 0 Å². The minimum Gasteiger partial charge on any atom is -0.329 e. The summed E-state index contributed by atoms with van der Waals surface area (Å²) in [6.07, 6.45) is 3.64. The highest BCUT2D eigenvalue weighted by Gasteiger charge is 2.31. The molecule has 1 aromatic carbocycles. The molecule has 1 unspecified atom stereocenters. The third kappa shape index (κ3) is 3.30. The number of H-pyrrole nitrogens is 1. The highest BCUT2D eigenvalue weighted by molar-refractivity contribution is 7.13. The standard InChI is InChI=1S/C20H22N4OS/c1-2-23-8-9-24(18(13-23)15-6-4-3-5-7-15)20(25)16-10-19(26-14-16)17-11-21-22-12-17/h3-7,10-12,14,18H,2,8-9,13H2,1H3,(H,21,22). The number of nitrogens with one attached hydrogen (secondary N) is 1. The van der Waals surface area contributed by atoms with E-state index in [0.717, 1.165) is 42.2 Å². The lowest BCUT2D eigenvalue weighted by Gasteiger charge is -2.41. The van der Waals surface area contributed by atoms with Crippen LogP contribution in [0.5, 0.6) is 0 Å². The normalized spacial score (nSPS) is 18.2. The summed E-state index contributed by atoms with van der Waals surface area (Å²) in [5, 5.41) is 8.78. The fraction of sp³-hybridized carbons (Fsp3) is 0.300. The highest BCUT2D eigenvalue weighted by atomic mass is 32.1. The number of aromatic amines is 1. The van der Waals surface area contributed by atoms with Crippen molar-refractivity contribution in [2.75, 3.05) is 26.2 Å². The van der Waals surface area contributed by atoms with E-state index in [1.165, 1.54) is 5.56 Å². The predicted molar refractivity (Wildman–Crippen MR) is 104 cm³/mol. The molecule has 0 radical (unpaired) electrons. The first-order valence-corrected chi connectivity index (χ1v) is 9.80. The molecule has 1 atom stereocenters. The number of likely N-dealkylation sites (N-methyl/N-ethyl adjacent to an activating group) is 1. The van der Waals surface area contributed by atoms with Gasteiger partial charge in [0.1, 0.15) is 0 Å². The average molecular weight is 366 g/mol. The van der Waals surface area contributed by atoms with Crippen LogP contribution in [0.25, 0.3) is 10.4 Å². The Hall–Kier alpha value is -2.44. The second-order valence-corrected chi connectivity index (χ2v) is 7.42. The van der Waals surface area contributed by atoms with Crippen LogP contribution in [-0.2, 0) is 0 Å². The van der Waals surface area contributed by atoms with Crippen molar-refractivity contribution in [3.8, 4) is 10.4 Å². The Labute approximate surface area is 157 Å². The summed E-state index contributed by atoms with van der Waals surface area (Å²) >= 11 is 1.58. The van der Waals surface area contributed by atoms with E-state index in [9.17, 15) is 4.79 Å². The van der Waals surface area contributed by atoms with Crippen LogP contribution in [0, 0.1) is 0 Å². The van der Waals surface area contributed by atoms with Crippen molar-refractivity contribution in [2.45, 2.75) is 13.0 Å². The molecule has 4 rings (SSSR count). The second-order valence-electron chi connectivity index (χ2n) is 6.50. The second kappa shape index (κ2) is 7.43. The molecule has 1 amide bonds. The number of nitrogens with zero attached hydrogens (tertiary/aromatic N) is 3. The lowest BCUT2D eigenvalue weighted by molar-refractivity contribution is 0.0461. The Morgan fingerprint density at radius 1 is 1.31 bits per heavy atom. The van der Waals surface area contributed by atoms with Gasteiger partial charge in [-0.1, -0.05) is 37.3 Å². The molecule has 1 aliphatic heterocycles. The molecule has 1 N–H and O–H groups in total.